The molecular formula is C13H10N2OS. The summed E-state index contributed by atoms with van der Waals surface area (Å²) in [6.45, 7) is 0. The van der Waals surface area contributed by atoms with E-state index in [1.807, 2.05) is 41.2 Å². The van der Waals surface area contributed by atoms with Crippen molar-refractivity contribution in [3.8, 4) is 0 Å². The number of fused-ring (bicyclic) bond motifs is 1. The number of aromatic nitrogens is 2. The second-order valence-electron chi connectivity index (χ2n) is 3.78. The SMILES string of the molecule is O=C1C(=Cn2ccnc2)CSc2ccccc21. The molecule has 0 N–H and O–H groups in total. The molecule has 0 amide bonds. The van der Waals surface area contributed by atoms with Gasteiger partial charge in [-0.2, -0.15) is 0 Å². The van der Waals surface area contributed by atoms with E-state index in [2.05, 4.69) is 4.98 Å². The topological polar surface area (TPSA) is 34.9 Å². The number of thioether (sulfide) groups is 1. The molecule has 0 saturated heterocycles. The van der Waals surface area contributed by atoms with Gasteiger partial charge in [0, 0.05) is 40.4 Å². The minimum atomic E-state index is 0.119. The normalized spacial score (nSPS) is 17.2. The van der Waals surface area contributed by atoms with E-state index >= 15 is 0 Å². The molecule has 2 heterocycles. The van der Waals surface area contributed by atoms with Crippen molar-refractivity contribution in [3.63, 3.8) is 0 Å². The number of Topliss-reactive ketones (excluding diaryl/α,β-unsaturated/α-hetero) is 1. The third-order valence-electron chi connectivity index (χ3n) is 2.64. The first kappa shape index (κ1) is 10.4. The van der Waals surface area contributed by atoms with Crippen LogP contribution in [0.3, 0.4) is 0 Å². The van der Waals surface area contributed by atoms with Crippen molar-refractivity contribution in [1.29, 1.82) is 0 Å². The number of hydrogen-bond donors (Lipinski definition) is 0. The molecule has 0 spiro atoms. The van der Waals surface area contributed by atoms with Gasteiger partial charge in [0.2, 0.25) is 0 Å². The second kappa shape index (κ2) is 4.22. The van der Waals surface area contributed by atoms with Gasteiger partial charge in [-0.15, -0.1) is 11.8 Å². The molecule has 0 radical (unpaired) electrons. The third-order valence-corrected chi connectivity index (χ3v) is 3.76. The highest BCUT2D eigenvalue weighted by Gasteiger charge is 2.21. The van der Waals surface area contributed by atoms with E-state index < -0.39 is 0 Å². The molecule has 1 aliphatic rings. The lowest BCUT2D eigenvalue weighted by Gasteiger charge is -2.16. The van der Waals surface area contributed by atoms with Gasteiger partial charge in [-0.1, -0.05) is 12.1 Å². The number of carbonyl (C=O) groups excluding carboxylic acids is 1. The fraction of sp³-hybridized carbons (Fsp3) is 0.0769. The van der Waals surface area contributed by atoms with Crippen molar-refractivity contribution < 1.29 is 4.79 Å². The Morgan fingerprint density at radius 1 is 1.35 bits per heavy atom. The number of nitrogens with zero attached hydrogens (tertiary/aromatic N) is 2. The molecule has 0 atom stereocenters. The highest BCUT2D eigenvalue weighted by molar-refractivity contribution is 7.99. The molecule has 2 aromatic rings. The predicted molar refractivity (Wildman–Crippen MR) is 68.0 cm³/mol. The van der Waals surface area contributed by atoms with Crippen LogP contribution in [0.5, 0.6) is 0 Å². The first-order chi connectivity index (χ1) is 8.34. The Morgan fingerprint density at radius 3 is 3.06 bits per heavy atom. The van der Waals surface area contributed by atoms with E-state index in [1.54, 1.807) is 24.3 Å². The summed E-state index contributed by atoms with van der Waals surface area (Å²) < 4.78 is 1.81. The van der Waals surface area contributed by atoms with E-state index in [1.165, 1.54) is 0 Å². The second-order valence-corrected chi connectivity index (χ2v) is 4.80. The first-order valence-electron chi connectivity index (χ1n) is 5.29. The lowest BCUT2D eigenvalue weighted by Crippen LogP contribution is -2.12. The molecule has 0 saturated carbocycles. The molecule has 0 unspecified atom stereocenters. The summed E-state index contributed by atoms with van der Waals surface area (Å²) in [6.07, 6.45) is 7.06. The van der Waals surface area contributed by atoms with Gasteiger partial charge in [0.15, 0.2) is 5.78 Å². The summed E-state index contributed by atoms with van der Waals surface area (Å²) in [5.41, 5.74) is 1.61. The van der Waals surface area contributed by atoms with E-state index in [-0.39, 0.29) is 5.78 Å². The molecule has 17 heavy (non-hydrogen) atoms. The Labute approximate surface area is 103 Å². The monoisotopic (exact) mass is 242 g/mol. The van der Waals surface area contributed by atoms with Crippen LogP contribution >= 0.6 is 11.8 Å². The van der Waals surface area contributed by atoms with Crippen molar-refractivity contribution in [1.82, 2.24) is 9.55 Å². The minimum Gasteiger partial charge on any atom is -0.313 e. The van der Waals surface area contributed by atoms with E-state index in [0.717, 1.165) is 16.0 Å². The van der Waals surface area contributed by atoms with Crippen LogP contribution in [-0.2, 0) is 0 Å². The molecule has 1 aliphatic heterocycles. The van der Waals surface area contributed by atoms with E-state index in [4.69, 9.17) is 0 Å². The molecular weight excluding hydrogens is 232 g/mol. The maximum absolute atomic E-state index is 12.2. The van der Waals surface area contributed by atoms with E-state index in [9.17, 15) is 4.79 Å². The Morgan fingerprint density at radius 2 is 2.24 bits per heavy atom. The largest absolute Gasteiger partial charge is 0.313 e. The van der Waals surface area contributed by atoms with Gasteiger partial charge in [-0.25, -0.2) is 4.98 Å². The van der Waals surface area contributed by atoms with Gasteiger partial charge in [-0.05, 0) is 12.1 Å². The van der Waals surface area contributed by atoms with Gasteiger partial charge in [0.25, 0.3) is 0 Å². The van der Waals surface area contributed by atoms with Crippen molar-refractivity contribution >= 4 is 23.7 Å². The van der Waals surface area contributed by atoms with Crippen LogP contribution in [0.2, 0.25) is 0 Å². The number of imidazole rings is 1. The molecule has 84 valence electrons. The van der Waals surface area contributed by atoms with Crippen LogP contribution in [-0.4, -0.2) is 21.1 Å². The zero-order chi connectivity index (χ0) is 11.7. The van der Waals surface area contributed by atoms with Crippen LogP contribution in [0.1, 0.15) is 10.4 Å². The fourth-order valence-corrected chi connectivity index (χ4v) is 2.80. The first-order valence-corrected chi connectivity index (χ1v) is 6.28. The Balaban J connectivity index is 2.00. The lowest BCUT2D eigenvalue weighted by atomic mass is 10.0. The Kier molecular flexibility index (Phi) is 2.57. The van der Waals surface area contributed by atoms with Gasteiger partial charge in [-0.3, -0.25) is 4.79 Å². The number of carbonyl (C=O) groups is 1. The van der Waals surface area contributed by atoms with Crippen LogP contribution in [0.25, 0.3) is 6.20 Å². The molecule has 0 aliphatic carbocycles. The van der Waals surface area contributed by atoms with Crippen molar-refractivity contribution in [2.45, 2.75) is 4.90 Å². The predicted octanol–water partition coefficient (Wildman–Crippen LogP) is 2.71. The van der Waals surface area contributed by atoms with Gasteiger partial charge in [0.1, 0.15) is 0 Å². The van der Waals surface area contributed by atoms with Crippen LogP contribution < -0.4 is 0 Å². The lowest BCUT2D eigenvalue weighted by molar-refractivity contribution is 0.103. The molecule has 4 heteroatoms. The third kappa shape index (κ3) is 1.91. The maximum atomic E-state index is 12.2. The van der Waals surface area contributed by atoms with Crippen molar-refractivity contribution in [3.05, 3.63) is 54.1 Å². The number of rotatable bonds is 1. The summed E-state index contributed by atoms with van der Waals surface area (Å²) in [5.74, 6) is 0.835. The van der Waals surface area contributed by atoms with Crippen molar-refractivity contribution in [2.24, 2.45) is 0 Å². The number of hydrogen-bond acceptors (Lipinski definition) is 3. The number of ketones is 1. The average molecular weight is 242 g/mol. The zero-order valence-electron chi connectivity index (χ0n) is 9.04. The summed E-state index contributed by atoms with van der Waals surface area (Å²) in [7, 11) is 0. The van der Waals surface area contributed by atoms with Crippen LogP contribution in [0.4, 0.5) is 0 Å². The smallest absolute Gasteiger partial charge is 0.192 e. The fourth-order valence-electron chi connectivity index (χ4n) is 1.80. The van der Waals surface area contributed by atoms with E-state index in [0.29, 0.717) is 5.75 Å². The molecule has 0 fully saturated rings. The van der Waals surface area contributed by atoms with Gasteiger partial charge < -0.3 is 4.57 Å². The molecule has 3 nitrogen and oxygen atoms in total. The molecule has 1 aromatic heterocycles. The molecule has 3 rings (SSSR count). The summed E-state index contributed by atoms with van der Waals surface area (Å²) in [6, 6.07) is 7.73. The molecule has 0 bridgehead atoms. The van der Waals surface area contributed by atoms with Crippen LogP contribution in [0, 0.1) is 0 Å². The van der Waals surface area contributed by atoms with Crippen molar-refractivity contribution in [2.75, 3.05) is 5.75 Å². The summed E-state index contributed by atoms with van der Waals surface area (Å²) in [5, 5.41) is 0. The average Bonchev–Trinajstić information content (AvgIpc) is 2.86. The standard InChI is InChI=1S/C13H10N2OS/c16-13-10(7-15-6-5-14-9-15)8-17-12-4-2-1-3-11(12)13/h1-7,9H,8H2. The summed E-state index contributed by atoms with van der Waals surface area (Å²) in [4.78, 5) is 17.3. The summed E-state index contributed by atoms with van der Waals surface area (Å²) >= 11 is 1.70. The van der Waals surface area contributed by atoms with Gasteiger partial charge in [0.05, 0.1) is 6.33 Å². The Bertz CT molecular complexity index is 587. The highest BCUT2D eigenvalue weighted by Crippen LogP contribution is 2.32. The number of benzene rings is 1. The Hall–Kier alpha value is -1.81. The quantitative estimate of drug-likeness (QED) is 0.721. The van der Waals surface area contributed by atoms with Crippen LogP contribution in [0.15, 0.2) is 53.5 Å². The highest BCUT2D eigenvalue weighted by atomic mass is 32.2. The van der Waals surface area contributed by atoms with Gasteiger partial charge >= 0.3 is 0 Å². The zero-order valence-corrected chi connectivity index (χ0v) is 9.85. The maximum Gasteiger partial charge on any atom is 0.192 e. The minimum absolute atomic E-state index is 0.119. The molecule has 1 aromatic carbocycles.